The van der Waals surface area contributed by atoms with Crippen molar-refractivity contribution in [2.75, 3.05) is 9.80 Å². The molecule has 0 N–H and O–H groups in total. The summed E-state index contributed by atoms with van der Waals surface area (Å²) in [6, 6.07) is 125. The molecule has 18 rings (SSSR count). The van der Waals surface area contributed by atoms with Gasteiger partial charge in [0.1, 0.15) is 0 Å². The summed E-state index contributed by atoms with van der Waals surface area (Å²) in [5, 5.41) is 7.65. The number of nitrogens with zero attached hydrogens (tertiary/aromatic N) is 2. The Morgan fingerprint density at radius 2 is 0.480 bits per heavy atom. The van der Waals surface area contributed by atoms with Gasteiger partial charge in [0.05, 0.1) is 0 Å². The molecule has 100 heavy (non-hydrogen) atoms. The van der Waals surface area contributed by atoms with Gasteiger partial charge < -0.3 is 9.80 Å². The standard InChI is InChI=1S/C98H72N2/c1-97(2)91-61-65(27-55-87(91)89-59-53-83(63-93(89)97)99(79-45-35-71(36-46-79)67-17-9-5-10-18-67)80-47-37-72(38-48-80)68-19-11-6-12-20-68)25-29-75-31-33-77-44-58-86-76(32-34-78-43-57-85(75)95(77)96(78)86)30-26-66-28-56-88-90-60-54-84(64-94(90)98(3,4)92(88)62-66)100(81-49-39-73(40-50-81)69-21-13-7-14-22-69)82-51-41-74(42-52-82)70-23-15-8-16-24-70/h5-64H,1-4H3. The Kier molecular flexibility index (Phi) is 14.6. The molecule has 16 aromatic rings. The van der Waals surface area contributed by atoms with Crippen LogP contribution >= 0.6 is 0 Å². The second-order valence-electron chi connectivity index (χ2n) is 28.0. The summed E-state index contributed by atoms with van der Waals surface area (Å²) in [5.41, 5.74) is 31.2. The third-order valence-corrected chi connectivity index (χ3v) is 21.5. The van der Waals surface area contributed by atoms with E-state index in [1.165, 1.54) is 144 Å². The first-order valence-electron chi connectivity index (χ1n) is 34.9. The normalized spacial score (nSPS) is 13.3. The molecule has 474 valence electrons. The molecule has 2 nitrogen and oxygen atoms in total. The Morgan fingerprint density at radius 1 is 0.220 bits per heavy atom. The number of fused-ring (bicyclic) bond motifs is 6. The van der Waals surface area contributed by atoms with Gasteiger partial charge in [0, 0.05) is 45.0 Å². The first-order chi connectivity index (χ1) is 49.1. The predicted octanol–water partition coefficient (Wildman–Crippen LogP) is 27.1. The van der Waals surface area contributed by atoms with Crippen molar-refractivity contribution >= 4 is 90.7 Å². The van der Waals surface area contributed by atoms with E-state index in [0.29, 0.717) is 0 Å². The van der Waals surface area contributed by atoms with Crippen molar-refractivity contribution in [3.8, 4) is 66.8 Å². The molecule has 0 aliphatic heterocycles. The largest absolute Gasteiger partial charge is 0.310 e. The van der Waals surface area contributed by atoms with E-state index in [-0.39, 0.29) is 10.8 Å². The zero-order valence-electron chi connectivity index (χ0n) is 56.5. The lowest BCUT2D eigenvalue weighted by molar-refractivity contribution is 0.660. The highest BCUT2D eigenvalue weighted by Gasteiger charge is 2.38. The lowest BCUT2D eigenvalue weighted by atomic mass is 9.81. The van der Waals surface area contributed by atoms with Gasteiger partial charge in [-0.3, -0.25) is 0 Å². The van der Waals surface area contributed by atoms with Gasteiger partial charge in [0.2, 0.25) is 0 Å². The van der Waals surface area contributed by atoms with Crippen LogP contribution in [0.5, 0.6) is 0 Å². The Morgan fingerprint density at radius 3 is 0.790 bits per heavy atom. The number of anilines is 6. The van der Waals surface area contributed by atoms with Crippen LogP contribution in [-0.4, -0.2) is 0 Å². The van der Waals surface area contributed by atoms with Gasteiger partial charge in [0.15, 0.2) is 0 Å². The van der Waals surface area contributed by atoms with Crippen molar-refractivity contribution in [3.63, 3.8) is 0 Å². The molecule has 0 atom stereocenters. The van der Waals surface area contributed by atoms with Crippen LogP contribution in [0.4, 0.5) is 34.1 Å². The summed E-state index contributed by atoms with van der Waals surface area (Å²) in [5.74, 6) is 0. The van der Waals surface area contributed by atoms with Gasteiger partial charge in [-0.05, 0) is 216 Å². The molecular formula is C98H72N2. The summed E-state index contributed by atoms with van der Waals surface area (Å²) in [6.07, 6.45) is 9.28. The van der Waals surface area contributed by atoms with Crippen molar-refractivity contribution in [1.82, 2.24) is 0 Å². The molecule has 0 aromatic heterocycles. The third-order valence-electron chi connectivity index (χ3n) is 21.5. The summed E-state index contributed by atoms with van der Waals surface area (Å²) >= 11 is 0. The van der Waals surface area contributed by atoms with Crippen molar-refractivity contribution < 1.29 is 0 Å². The predicted molar refractivity (Wildman–Crippen MR) is 427 cm³/mol. The minimum atomic E-state index is -0.239. The maximum Gasteiger partial charge on any atom is 0.0465 e. The second-order valence-corrected chi connectivity index (χ2v) is 28.0. The van der Waals surface area contributed by atoms with Crippen molar-refractivity contribution in [2.24, 2.45) is 0 Å². The molecule has 0 unspecified atom stereocenters. The van der Waals surface area contributed by atoms with E-state index in [2.05, 4.69) is 402 Å². The van der Waals surface area contributed by atoms with Crippen LogP contribution in [0.25, 0.3) is 123 Å². The lowest BCUT2D eigenvalue weighted by Crippen LogP contribution is -2.16. The maximum atomic E-state index is 2.43. The van der Waals surface area contributed by atoms with Gasteiger partial charge in [-0.25, -0.2) is 0 Å². The summed E-state index contributed by atoms with van der Waals surface area (Å²) in [4.78, 5) is 4.81. The van der Waals surface area contributed by atoms with Gasteiger partial charge in [-0.1, -0.05) is 319 Å². The molecule has 16 aromatic carbocycles. The Hall–Kier alpha value is -12.4. The zero-order valence-corrected chi connectivity index (χ0v) is 56.5. The zero-order chi connectivity index (χ0) is 67.1. The van der Waals surface area contributed by atoms with E-state index in [9.17, 15) is 0 Å². The van der Waals surface area contributed by atoms with E-state index in [1.54, 1.807) is 0 Å². The van der Waals surface area contributed by atoms with E-state index < -0.39 is 0 Å². The van der Waals surface area contributed by atoms with Gasteiger partial charge >= 0.3 is 0 Å². The molecule has 0 radical (unpaired) electrons. The Bertz CT molecular complexity index is 5300. The van der Waals surface area contributed by atoms with E-state index in [1.807, 2.05) is 0 Å². The molecule has 0 spiro atoms. The molecule has 0 heterocycles. The highest BCUT2D eigenvalue weighted by Crippen LogP contribution is 2.54. The molecule has 0 bridgehead atoms. The SMILES string of the molecule is CC1(C)c2cc(C=Cc3ccc4ccc5c(C=Cc6ccc7c(c6)C(C)(C)c6cc(N(c8ccc(-c9ccccc9)cc8)c8ccc(-c9ccccc9)cc8)ccc6-7)ccc6ccc3c4c65)ccc2-c2ccc(N(c3ccc(-c4ccccc4)cc3)c3ccc(-c4ccccc4)cc3)cc21. The Balaban J connectivity index is 0.621. The minimum absolute atomic E-state index is 0.239. The fraction of sp³-hybridized carbons (Fsp3) is 0.0612. The first kappa shape index (κ1) is 60.1. The second kappa shape index (κ2) is 24.3. The maximum absolute atomic E-state index is 2.43. The average Bonchev–Trinajstić information content (AvgIpc) is 1.21. The molecule has 0 saturated carbocycles. The summed E-state index contributed by atoms with van der Waals surface area (Å²) in [7, 11) is 0. The highest BCUT2D eigenvalue weighted by molar-refractivity contribution is 6.25. The summed E-state index contributed by atoms with van der Waals surface area (Å²) < 4.78 is 0. The smallest absolute Gasteiger partial charge is 0.0465 e. The molecule has 2 aliphatic rings. The van der Waals surface area contributed by atoms with Crippen molar-refractivity contribution in [2.45, 2.75) is 38.5 Å². The van der Waals surface area contributed by atoms with Crippen LogP contribution in [0.1, 0.15) is 72.2 Å². The van der Waals surface area contributed by atoms with Crippen LogP contribution in [0, 0.1) is 0 Å². The van der Waals surface area contributed by atoms with Gasteiger partial charge in [-0.15, -0.1) is 0 Å². The quantitative estimate of drug-likeness (QED) is 0.0791. The first-order valence-corrected chi connectivity index (χ1v) is 34.9. The number of rotatable bonds is 14. The molecule has 2 aliphatic carbocycles. The minimum Gasteiger partial charge on any atom is -0.310 e. The lowest BCUT2D eigenvalue weighted by Gasteiger charge is -2.28. The number of hydrogen-bond donors (Lipinski definition) is 0. The molecule has 0 saturated heterocycles. The van der Waals surface area contributed by atoms with E-state index in [4.69, 9.17) is 0 Å². The van der Waals surface area contributed by atoms with Crippen molar-refractivity contribution in [3.05, 3.63) is 384 Å². The fourth-order valence-corrected chi connectivity index (χ4v) is 16.1. The molecule has 2 heteroatoms. The molecule has 0 amide bonds. The number of hydrogen-bond acceptors (Lipinski definition) is 2. The molecule has 0 fully saturated rings. The van der Waals surface area contributed by atoms with Gasteiger partial charge in [0.25, 0.3) is 0 Å². The van der Waals surface area contributed by atoms with Crippen molar-refractivity contribution in [1.29, 1.82) is 0 Å². The van der Waals surface area contributed by atoms with Crippen LogP contribution in [0.2, 0.25) is 0 Å². The topological polar surface area (TPSA) is 6.48 Å². The van der Waals surface area contributed by atoms with E-state index in [0.717, 1.165) is 34.1 Å². The van der Waals surface area contributed by atoms with Crippen LogP contribution in [0.15, 0.2) is 340 Å². The Labute approximate surface area is 586 Å². The average molecular weight is 1280 g/mol. The van der Waals surface area contributed by atoms with Crippen LogP contribution < -0.4 is 9.80 Å². The monoisotopic (exact) mass is 1280 g/mol. The van der Waals surface area contributed by atoms with Crippen LogP contribution in [-0.2, 0) is 10.8 Å². The third kappa shape index (κ3) is 10.5. The van der Waals surface area contributed by atoms with Gasteiger partial charge in [-0.2, -0.15) is 0 Å². The summed E-state index contributed by atoms with van der Waals surface area (Å²) in [6.45, 7) is 9.56. The molecular weight excluding hydrogens is 1210 g/mol. The fourth-order valence-electron chi connectivity index (χ4n) is 16.1. The van der Waals surface area contributed by atoms with E-state index >= 15 is 0 Å². The number of benzene rings is 16. The van der Waals surface area contributed by atoms with Crippen LogP contribution in [0.3, 0.4) is 0 Å². The highest BCUT2D eigenvalue weighted by atomic mass is 15.1.